The Morgan fingerprint density at radius 1 is 1.20 bits per heavy atom. The fourth-order valence-corrected chi connectivity index (χ4v) is 3.43. The maximum absolute atomic E-state index is 13.3. The molecule has 1 unspecified atom stereocenters. The van der Waals surface area contributed by atoms with Crippen molar-refractivity contribution in [2.24, 2.45) is 0 Å². The molecule has 0 radical (unpaired) electrons. The summed E-state index contributed by atoms with van der Waals surface area (Å²) < 4.78 is 0. The number of hydrogen-bond acceptors (Lipinski definition) is 2. The van der Waals surface area contributed by atoms with Gasteiger partial charge >= 0.3 is 0 Å². The third kappa shape index (κ3) is 3.78. The van der Waals surface area contributed by atoms with E-state index in [9.17, 15) is 4.79 Å². The molecule has 1 aliphatic rings. The number of amides is 1. The lowest BCUT2D eigenvalue weighted by atomic mass is 10.0. The molecule has 25 heavy (non-hydrogen) atoms. The molecule has 2 aromatic rings. The second-order valence-corrected chi connectivity index (χ2v) is 7.13. The van der Waals surface area contributed by atoms with Gasteiger partial charge in [0.15, 0.2) is 0 Å². The van der Waals surface area contributed by atoms with Gasteiger partial charge in [0.05, 0.1) is 0 Å². The average molecular weight is 355 g/mol. The van der Waals surface area contributed by atoms with E-state index in [0.29, 0.717) is 18.1 Å². The fourth-order valence-electron chi connectivity index (χ4n) is 3.23. The van der Waals surface area contributed by atoms with Gasteiger partial charge in [0.25, 0.3) is 0 Å². The topological polar surface area (TPSA) is 23.6 Å². The zero-order chi connectivity index (χ0) is 18.0. The lowest BCUT2D eigenvalue weighted by Gasteiger charge is -2.29. The molecule has 0 spiro atoms. The molecule has 0 N–H and O–H groups in total. The van der Waals surface area contributed by atoms with Crippen LogP contribution in [0.5, 0.6) is 0 Å². The number of rotatable bonds is 3. The number of anilines is 1. The van der Waals surface area contributed by atoms with E-state index in [4.69, 9.17) is 11.6 Å². The van der Waals surface area contributed by atoms with Crippen molar-refractivity contribution in [2.75, 3.05) is 18.5 Å². The minimum atomic E-state index is -0.312. The highest BCUT2D eigenvalue weighted by Crippen LogP contribution is 2.35. The molecule has 130 valence electrons. The van der Waals surface area contributed by atoms with Gasteiger partial charge in [0, 0.05) is 30.8 Å². The number of fused-ring (bicyclic) bond motifs is 1. The predicted octanol–water partition coefficient (Wildman–Crippen LogP) is 4.83. The van der Waals surface area contributed by atoms with E-state index in [1.165, 1.54) is 5.57 Å². The Morgan fingerprint density at radius 3 is 2.60 bits per heavy atom. The minimum absolute atomic E-state index is 0.0782. The van der Waals surface area contributed by atoms with Gasteiger partial charge < -0.3 is 4.90 Å². The van der Waals surface area contributed by atoms with Gasteiger partial charge in [-0.25, -0.2) is 0 Å². The quantitative estimate of drug-likeness (QED) is 0.737. The number of carbonyl (C=O) groups excluding carboxylic acids is 1. The fraction of sp³-hybridized carbons (Fsp3) is 0.286. The molecular formula is C21H23ClN2O. The first kappa shape index (κ1) is 17.7. The number of allylic oxidation sites excluding steroid dienone is 1. The van der Waals surface area contributed by atoms with Gasteiger partial charge in [0.1, 0.15) is 6.04 Å². The first-order valence-electron chi connectivity index (χ1n) is 8.45. The monoisotopic (exact) mass is 354 g/mol. The van der Waals surface area contributed by atoms with Crippen LogP contribution in [0.3, 0.4) is 0 Å². The molecule has 0 bridgehead atoms. The summed E-state index contributed by atoms with van der Waals surface area (Å²) in [5.74, 6) is 0.0782. The zero-order valence-corrected chi connectivity index (χ0v) is 15.6. The summed E-state index contributed by atoms with van der Waals surface area (Å²) in [6.45, 7) is 5.55. The Morgan fingerprint density at radius 2 is 1.92 bits per heavy atom. The summed E-state index contributed by atoms with van der Waals surface area (Å²) >= 11 is 6.21. The van der Waals surface area contributed by atoms with Gasteiger partial charge in [-0.3, -0.25) is 9.69 Å². The molecule has 1 atom stereocenters. The predicted molar refractivity (Wildman–Crippen MR) is 104 cm³/mol. The third-order valence-electron chi connectivity index (χ3n) is 4.56. The average Bonchev–Trinajstić information content (AvgIpc) is 2.69. The summed E-state index contributed by atoms with van der Waals surface area (Å²) in [7, 11) is 1.84. The van der Waals surface area contributed by atoms with E-state index in [2.05, 4.69) is 24.8 Å². The van der Waals surface area contributed by atoms with Crippen LogP contribution in [0.4, 0.5) is 5.69 Å². The largest absolute Gasteiger partial charge is 0.314 e. The molecular weight excluding hydrogens is 332 g/mol. The van der Waals surface area contributed by atoms with Crippen molar-refractivity contribution < 1.29 is 4.79 Å². The van der Waals surface area contributed by atoms with Crippen LogP contribution in [0.25, 0.3) is 0 Å². The molecule has 0 aromatic heterocycles. The van der Waals surface area contributed by atoms with Crippen molar-refractivity contribution in [2.45, 2.75) is 26.4 Å². The maximum atomic E-state index is 13.3. The van der Waals surface area contributed by atoms with Crippen molar-refractivity contribution in [3.8, 4) is 0 Å². The van der Waals surface area contributed by atoms with Crippen molar-refractivity contribution >= 4 is 23.2 Å². The highest BCUT2D eigenvalue weighted by Gasteiger charge is 2.34. The molecule has 4 heteroatoms. The van der Waals surface area contributed by atoms with E-state index >= 15 is 0 Å². The molecule has 2 aromatic carbocycles. The summed E-state index contributed by atoms with van der Waals surface area (Å²) in [5, 5.41) is 0.694. The van der Waals surface area contributed by atoms with Crippen molar-refractivity contribution in [3.63, 3.8) is 0 Å². The summed E-state index contributed by atoms with van der Waals surface area (Å²) in [6.07, 6.45) is 2.17. The lowest BCUT2D eigenvalue weighted by molar-refractivity contribution is -0.123. The van der Waals surface area contributed by atoms with E-state index in [1.54, 1.807) is 4.90 Å². The van der Waals surface area contributed by atoms with Gasteiger partial charge in [0.2, 0.25) is 5.91 Å². The summed E-state index contributed by atoms with van der Waals surface area (Å²) in [5.41, 5.74) is 4.25. The highest BCUT2D eigenvalue weighted by molar-refractivity contribution is 6.30. The van der Waals surface area contributed by atoms with Crippen LogP contribution in [0.15, 0.2) is 60.2 Å². The molecule has 1 aliphatic heterocycles. The first-order chi connectivity index (χ1) is 12.0. The Hall–Kier alpha value is -2.10. The number of halogens is 1. The van der Waals surface area contributed by atoms with Crippen molar-refractivity contribution in [1.29, 1.82) is 0 Å². The first-order valence-corrected chi connectivity index (χ1v) is 8.83. The second-order valence-electron chi connectivity index (χ2n) is 6.69. The molecule has 3 nitrogen and oxygen atoms in total. The van der Waals surface area contributed by atoms with Crippen LogP contribution in [0.1, 0.15) is 31.0 Å². The Bertz CT molecular complexity index is 797. The molecule has 1 heterocycles. The summed E-state index contributed by atoms with van der Waals surface area (Å²) in [4.78, 5) is 17.2. The number of carbonyl (C=O) groups is 1. The van der Waals surface area contributed by atoms with Crippen LogP contribution < -0.4 is 4.90 Å². The highest BCUT2D eigenvalue weighted by atomic mass is 35.5. The smallest absolute Gasteiger partial charge is 0.248 e. The molecule has 0 fully saturated rings. The van der Waals surface area contributed by atoms with Crippen LogP contribution in [0.2, 0.25) is 5.02 Å². The van der Waals surface area contributed by atoms with E-state index < -0.39 is 0 Å². The molecule has 1 amide bonds. The van der Waals surface area contributed by atoms with E-state index in [1.807, 2.05) is 55.6 Å². The second kappa shape index (κ2) is 7.42. The minimum Gasteiger partial charge on any atom is -0.314 e. The Kier molecular flexibility index (Phi) is 5.26. The van der Waals surface area contributed by atoms with Crippen LogP contribution >= 0.6 is 11.6 Å². The van der Waals surface area contributed by atoms with Gasteiger partial charge in [-0.15, -0.1) is 0 Å². The van der Waals surface area contributed by atoms with Gasteiger partial charge in [-0.05, 0) is 43.2 Å². The number of hydrogen-bond donors (Lipinski definition) is 0. The third-order valence-corrected chi connectivity index (χ3v) is 4.79. The van der Waals surface area contributed by atoms with E-state index in [0.717, 1.165) is 16.8 Å². The SMILES string of the molecule is CC(C)=CCN1Cc2cc(Cl)ccc2N(C)C(=O)C1c1ccccc1. The Labute approximate surface area is 154 Å². The van der Waals surface area contributed by atoms with Crippen molar-refractivity contribution in [3.05, 3.63) is 76.3 Å². The van der Waals surface area contributed by atoms with Gasteiger partial charge in [-0.2, -0.15) is 0 Å². The maximum Gasteiger partial charge on any atom is 0.248 e. The van der Waals surface area contributed by atoms with Crippen molar-refractivity contribution in [1.82, 2.24) is 4.90 Å². The lowest BCUT2D eigenvalue weighted by Crippen LogP contribution is -2.38. The van der Waals surface area contributed by atoms with Gasteiger partial charge in [-0.1, -0.05) is 53.6 Å². The summed E-state index contributed by atoms with van der Waals surface area (Å²) in [6, 6.07) is 15.4. The van der Waals surface area contributed by atoms with Crippen LogP contribution in [0, 0.1) is 0 Å². The van der Waals surface area contributed by atoms with Crippen LogP contribution in [-0.4, -0.2) is 24.4 Å². The number of benzene rings is 2. The Balaban J connectivity index is 2.09. The standard InChI is InChI=1S/C21H23ClN2O/c1-15(2)11-12-24-14-17-13-18(22)9-10-19(17)23(3)21(25)20(24)16-7-5-4-6-8-16/h4-11,13,20H,12,14H2,1-3H3. The zero-order valence-electron chi connectivity index (χ0n) is 14.9. The molecule has 3 rings (SSSR count). The normalized spacial score (nSPS) is 17.8. The number of nitrogens with zero attached hydrogens (tertiary/aromatic N) is 2. The molecule has 0 saturated heterocycles. The van der Waals surface area contributed by atoms with E-state index in [-0.39, 0.29) is 11.9 Å². The molecule has 0 aliphatic carbocycles. The molecule has 0 saturated carbocycles. The number of likely N-dealkylation sites (N-methyl/N-ethyl adjacent to an activating group) is 1. The van der Waals surface area contributed by atoms with Crippen LogP contribution in [-0.2, 0) is 11.3 Å².